The normalized spacial score (nSPS) is 17.3. The van der Waals surface area contributed by atoms with Crippen molar-refractivity contribution in [1.82, 2.24) is 0 Å². The molecule has 21 heavy (non-hydrogen) atoms. The summed E-state index contributed by atoms with van der Waals surface area (Å²) in [5, 5.41) is 0. The van der Waals surface area contributed by atoms with E-state index in [0.29, 0.717) is 22.3 Å². The highest BCUT2D eigenvalue weighted by molar-refractivity contribution is 5.74. The van der Waals surface area contributed by atoms with Gasteiger partial charge in [0.2, 0.25) is 0 Å². The summed E-state index contributed by atoms with van der Waals surface area (Å²) in [5.41, 5.74) is 1.86. The standard InChI is InChI=1S/C16H11F5/c17-11-2-1-9-5-10(8-16(19,20)21)13-4-3-12(18)7-15(13)14(9)6-11/h1-4,6-7,10H,5,8H2. The first kappa shape index (κ1) is 14.0. The molecule has 1 atom stereocenters. The number of hydrogen-bond donors (Lipinski definition) is 0. The molecule has 1 unspecified atom stereocenters. The summed E-state index contributed by atoms with van der Waals surface area (Å²) < 4.78 is 65.0. The van der Waals surface area contributed by atoms with Crippen LogP contribution in [-0.4, -0.2) is 6.18 Å². The van der Waals surface area contributed by atoms with E-state index in [1.165, 1.54) is 30.3 Å². The molecule has 5 heteroatoms. The van der Waals surface area contributed by atoms with Crippen molar-refractivity contribution in [3.63, 3.8) is 0 Å². The molecular formula is C16H11F5. The summed E-state index contributed by atoms with van der Waals surface area (Å²) in [5.74, 6) is -1.80. The van der Waals surface area contributed by atoms with Gasteiger partial charge >= 0.3 is 6.18 Å². The number of alkyl halides is 3. The molecule has 0 N–H and O–H groups in total. The molecule has 0 radical (unpaired) electrons. The number of halogens is 5. The lowest BCUT2D eigenvalue weighted by atomic mass is 9.77. The van der Waals surface area contributed by atoms with Gasteiger partial charge in [0.1, 0.15) is 11.6 Å². The Kier molecular flexibility index (Phi) is 3.23. The van der Waals surface area contributed by atoms with Crippen molar-refractivity contribution in [2.24, 2.45) is 0 Å². The van der Waals surface area contributed by atoms with E-state index < -0.39 is 30.1 Å². The molecule has 3 rings (SSSR count). The summed E-state index contributed by atoms with van der Waals surface area (Å²) >= 11 is 0. The monoisotopic (exact) mass is 298 g/mol. The second kappa shape index (κ2) is 4.83. The number of rotatable bonds is 1. The summed E-state index contributed by atoms with van der Waals surface area (Å²) in [6.07, 6.45) is -5.09. The molecule has 1 aliphatic rings. The second-order valence-electron chi connectivity index (χ2n) is 5.25. The van der Waals surface area contributed by atoms with Gasteiger partial charge < -0.3 is 0 Å². The highest BCUT2D eigenvalue weighted by Crippen LogP contribution is 2.44. The number of benzene rings is 2. The molecule has 0 aromatic heterocycles. The van der Waals surface area contributed by atoms with E-state index in [1.807, 2.05) is 0 Å². The third kappa shape index (κ3) is 2.77. The molecule has 0 bridgehead atoms. The van der Waals surface area contributed by atoms with Crippen LogP contribution in [0.25, 0.3) is 11.1 Å². The molecule has 0 fully saturated rings. The van der Waals surface area contributed by atoms with Crippen molar-refractivity contribution in [3.8, 4) is 11.1 Å². The molecule has 0 aliphatic heterocycles. The van der Waals surface area contributed by atoms with Gasteiger partial charge in [-0.3, -0.25) is 0 Å². The van der Waals surface area contributed by atoms with Gasteiger partial charge in [0.15, 0.2) is 0 Å². The van der Waals surface area contributed by atoms with Gasteiger partial charge in [0.25, 0.3) is 0 Å². The third-order valence-corrected chi connectivity index (χ3v) is 3.76. The minimum Gasteiger partial charge on any atom is -0.207 e. The molecule has 110 valence electrons. The van der Waals surface area contributed by atoms with Crippen LogP contribution in [0.5, 0.6) is 0 Å². The molecule has 1 aliphatic carbocycles. The van der Waals surface area contributed by atoms with Crippen LogP contribution in [0.4, 0.5) is 22.0 Å². The maximum absolute atomic E-state index is 13.4. The maximum atomic E-state index is 13.4. The van der Waals surface area contributed by atoms with E-state index in [9.17, 15) is 22.0 Å². The lowest BCUT2D eigenvalue weighted by Gasteiger charge is -2.28. The van der Waals surface area contributed by atoms with E-state index >= 15 is 0 Å². The fraction of sp³-hybridized carbons (Fsp3) is 0.250. The molecular weight excluding hydrogens is 287 g/mol. The lowest BCUT2D eigenvalue weighted by molar-refractivity contribution is -0.138. The maximum Gasteiger partial charge on any atom is 0.389 e. The molecule has 0 spiro atoms. The average molecular weight is 298 g/mol. The van der Waals surface area contributed by atoms with Gasteiger partial charge in [-0.05, 0) is 58.9 Å². The van der Waals surface area contributed by atoms with Gasteiger partial charge in [-0.2, -0.15) is 13.2 Å². The zero-order valence-electron chi connectivity index (χ0n) is 10.8. The summed E-state index contributed by atoms with van der Waals surface area (Å²) in [6, 6.07) is 7.63. The van der Waals surface area contributed by atoms with Crippen LogP contribution >= 0.6 is 0 Å². The van der Waals surface area contributed by atoms with Crippen LogP contribution in [0.2, 0.25) is 0 Å². The van der Waals surface area contributed by atoms with Gasteiger partial charge in [0.05, 0.1) is 6.42 Å². The molecule has 0 saturated heterocycles. The molecule has 0 heterocycles. The van der Waals surface area contributed by atoms with Crippen molar-refractivity contribution >= 4 is 0 Å². The Bertz CT molecular complexity index is 688. The highest BCUT2D eigenvalue weighted by Gasteiger charge is 2.36. The van der Waals surface area contributed by atoms with Crippen molar-refractivity contribution in [2.75, 3.05) is 0 Å². The number of hydrogen-bond acceptors (Lipinski definition) is 0. The fourth-order valence-corrected chi connectivity index (χ4v) is 2.93. The molecule has 2 aromatic carbocycles. The fourth-order valence-electron chi connectivity index (χ4n) is 2.93. The van der Waals surface area contributed by atoms with Crippen molar-refractivity contribution in [2.45, 2.75) is 24.9 Å². The van der Waals surface area contributed by atoms with Crippen molar-refractivity contribution in [1.29, 1.82) is 0 Å². The molecule has 0 amide bonds. The Hall–Kier alpha value is -1.91. The van der Waals surface area contributed by atoms with Gasteiger partial charge in [-0.1, -0.05) is 12.1 Å². The predicted molar refractivity (Wildman–Crippen MR) is 68.9 cm³/mol. The lowest BCUT2D eigenvalue weighted by Crippen LogP contribution is -2.19. The zero-order chi connectivity index (χ0) is 15.2. The first-order valence-corrected chi connectivity index (χ1v) is 6.48. The molecule has 2 aromatic rings. The SMILES string of the molecule is Fc1ccc2c(c1)-c1cc(F)ccc1C(CC(F)(F)F)C2. The quantitative estimate of drug-likeness (QED) is 0.633. The van der Waals surface area contributed by atoms with Crippen molar-refractivity contribution < 1.29 is 22.0 Å². The van der Waals surface area contributed by atoms with E-state index in [4.69, 9.17) is 0 Å². The van der Waals surface area contributed by atoms with Crippen LogP contribution in [-0.2, 0) is 6.42 Å². The van der Waals surface area contributed by atoms with Crippen LogP contribution in [0.1, 0.15) is 23.5 Å². The summed E-state index contributed by atoms with van der Waals surface area (Å²) in [7, 11) is 0. The van der Waals surface area contributed by atoms with Crippen LogP contribution in [0.15, 0.2) is 36.4 Å². The Morgan fingerprint density at radius 3 is 2.19 bits per heavy atom. The minimum absolute atomic E-state index is 0.174. The van der Waals surface area contributed by atoms with Gasteiger partial charge in [-0.25, -0.2) is 8.78 Å². The first-order chi connectivity index (χ1) is 9.83. The highest BCUT2D eigenvalue weighted by atomic mass is 19.4. The Labute approximate surface area is 118 Å². The summed E-state index contributed by atoms with van der Waals surface area (Å²) in [4.78, 5) is 0. The largest absolute Gasteiger partial charge is 0.389 e. The topological polar surface area (TPSA) is 0 Å². The third-order valence-electron chi connectivity index (χ3n) is 3.76. The average Bonchev–Trinajstić information content (AvgIpc) is 2.38. The Balaban J connectivity index is 2.14. The number of fused-ring (bicyclic) bond motifs is 3. The second-order valence-corrected chi connectivity index (χ2v) is 5.25. The molecule has 0 nitrogen and oxygen atoms in total. The van der Waals surface area contributed by atoms with Crippen LogP contribution in [0.3, 0.4) is 0 Å². The minimum atomic E-state index is -4.30. The van der Waals surface area contributed by atoms with Gasteiger partial charge in [-0.15, -0.1) is 0 Å². The predicted octanol–water partition coefficient (Wildman–Crippen LogP) is 5.22. The zero-order valence-corrected chi connectivity index (χ0v) is 10.8. The summed E-state index contributed by atoms with van der Waals surface area (Å²) in [6.45, 7) is 0. The Morgan fingerprint density at radius 1 is 0.905 bits per heavy atom. The van der Waals surface area contributed by atoms with Gasteiger partial charge in [0, 0.05) is 0 Å². The van der Waals surface area contributed by atoms with E-state index in [-0.39, 0.29) is 6.42 Å². The Morgan fingerprint density at radius 2 is 1.52 bits per heavy atom. The van der Waals surface area contributed by atoms with E-state index in [2.05, 4.69) is 0 Å². The molecule has 0 saturated carbocycles. The van der Waals surface area contributed by atoms with Crippen LogP contribution in [0, 0.1) is 11.6 Å². The van der Waals surface area contributed by atoms with E-state index in [1.54, 1.807) is 0 Å². The smallest absolute Gasteiger partial charge is 0.207 e. The van der Waals surface area contributed by atoms with E-state index in [0.717, 1.165) is 6.07 Å². The van der Waals surface area contributed by atoms with Crippen LogP contribution < -0.4 is 0 Å². The van der Waals surface area contributed by atoms with Crippen molar-refractivity contribution in [3.05, 3.63) is 59.2 Å². The first-order valence-electron chi connectivity index (χ1n) is 6.48.